The Bertz CT molecular complexity index is 1120. The average Bonchev–Trinajstić information content (AvgIpc) is 3.44. The number of nitrogens with one attached hydrogen (secondary N) is 1. The first kappa shape index (κ1) is 22.4. The molecule has 3 aliphatic rings. The largest absolute Gasteiger partial charge is 0.497 e. The Morgan fingerprint density at radius 1 is 0.970 bits per heavy atom. The van der Waals surface area contributed by atoms with E-state index in [1.807, 2.05) is 0 Å². The van der Waals surface area contributed by atoms with Gasteiger partial charge in [-0.05, 0) is 42.5 Å². The van der Waals surface area contributed by atoms with E-state index in [0.29, 0.717) is 22.9 Å². The van der Waals surface area contributed by atoms with E-state index < -0.39 is 5.91 Å². The second kappa shape index (κ2) is 8.43. The van der Waals surface area contributed by atoms with Crippen molar-refractivity contribution in [2.45, 2.75) is 16.1 Å². The van der Waals surface area contributed by atoms with Crippen molar-refractivity contribution >= 4 is 61.0 Å². The lowest BCUT2D eigenvalue weighted by Crippen LogP contribution is -2.37. The van der Waals surface area contributed by atoms with Crippen LogP contribution < -0.4 is 19.7 Å². The molecule has 1 N–H and O–H groups in total. The number of imide groups is 1. The van der Waals surface area contributed by atoms with E-state index in [4.69, 9.17) is 9.47 Å². The molecule has 2 bridgehead atoms. The van der Waals surface area contributed by atoms with Gasteiger partial charge in [0, 0.05) is 15.7 Å². The Morgan fingerprint density at radius 2 is 1.61 bits per heavy atom. The first-order valence-electron chi connectivity index (χ1n) is 10.7. The summed E-state index contributed by atoms with van der Waals surface area (Å²) in [6.45, 7) is 0. The van der Waals surface area contributed by atoms with E-state index in [-0.39, 0.29) is 50.7 Å². The normalized spacial score (nSPS) is 29.9. The monoisotopic (exact) mass is 576 g/mol. The van der Waals surface area contributed by atoms with Crippen molar-refractivity contribution in [2.75, 3.05) is 24.4 Å². The maximum Gasteiger partial charge on any atom is 0.257 e. The summed E-state index contributed by atoms with van der Waals surface area (Å²) in [7, 11) is 3.05. The van der Waals surface area contributed by atoms with Crippen molar-refractivity contribution in [1.29, 1.82) is 0 Å². The lowest BCUT2D eigenvalue weighted by atomic mass is 9.81. The zero-order chi connectivity index (χ0) is 23.4. The van der Waals surface area contributed by atoms with Crippen molar-refractivity contribution in [3.8, 4) is 11.5 Å². The van der Waals surface area contributed by atoms with Crippen molar-refractivity contribution in [3.63, 3.8) is 0 Å². The maximum absolute atomic E-state index is 13.4. The molecule has 0 radical (unpaired) electrons. The van der Waals surface area contributed by atoms with Crippen LogP contribution in [0.15, 0.2) is 42.5 Å². The molecular weight excluding hydrogens is 556 g/mol. The van der Waals surface area contributed by atoms with Crippen molar-refractivity contribution in [2.24, 2.45) is 23.7 Å². The molecule has 2 aromatic rings. The van der Waals surface area contributed by atoms with E-state index in [9.17, 15) is 14.4 Å². The van der Waals surface area contributed by atoms with Crippen LogP contribution in [0, 0.1) is 23.7 Å². The number of halogens is 2. The number of anilines is 2. The fourth-order valence-electron chi connectivity index (χ4n) is 5.54. The summed E-state index contributed by atoms with van der Waals surface area (Å²) < 4.78 is 10.6. The smallest absolute Gasteiger partial charge is 0.257 e. The van der Waals surface area contributed by atoms with Gasteiger partial charge in [-0.3, -0.25) is 14.4 Å². The van der Waals surface area contributed by atoms with Crippen LogP contribution in [0.3, 0.4) is 0 Å². The number of carbonyl (C=O) groups is 3. The predicted molar refractivity (Wildman–Crippen MR) is 130 cm³/mol. The fraction of sp³-hybridized carbons (Fsp3) is 0.375. The Balaban J connectivity index is 1.46. The molecule has 9 heteroatoms. The van der Waals surface area contributed by atoms with Gasteiger partial charge < -0.3 is 14.8 Å². The molecule has 172 valence electrons. The minimum Gasteiger partial charge on any atom is -0.497 e. The van der Waals surface area contributed by atoms with Gasteiger partial charge in [0.2, 0.25) is 11.8 Å². The number of para-hydroxylation sites is 1. The van der Waals surface area contributed by atoms with Crippen LogP contribution in [0.2, 0.25) is 0 Å². The summed E-state index contributed by atoms with van der Waals surface area (Å²) in [5.41, 5.74) is 1.01. The lowest BCUT2D eigenvalue weighted by molar-refractivity contribution is -0.123. The molecule has 33 heavy (non-hydrogen) atoms. The molecule has 1 aliphatic heterocycles. The van der Waals surface area contributed by atoms with Gasteiger partial charge >= 0.3 is 0 Å². The second-order valence-corrected chi connectivity index (χ2v) is 10.7. The highest BCUT2D eigenvalue weighted by atomic mass is 79.9. The van der Waals surface area contributed by atoms with Crippen LogP contribution in [0.1, 0.15) is 16.8 Å². The number of hydrogen-bond acceptors (Lipinski definition) is 5. The third-order valence-electron chi connectivity index (χ3n) is 7.03. The minimum absolute atomic E-state index is 0.107. The zero-order valence-electron chi connectivity index (χ0n) is 18.0. The van der Waals surface area contributed by atoms with Crippen LogP contribution in [-0.4, -0.2) is 41.6 Å². The maximum atomic E-state index is 13.4. The molecule has 5 rings (SSSR count). The first-order chi connectivity index (χ1) is 15.9. The number of hydrogen-bond donors (Lipinski definition) is 1. The summed E-state index contributed by atoms with van der Waals surface area (Å²) in [5, 5.41) is 2.83. The highest BCUT2D eigenvalue weighted by Crippen LogP contribution is 2.60. The summed E-state index contributed by atoms with van der Waals surface area (Å²) in [4.78, 5) is 41.7. The number of fused-ring (bicyclic) bond motifs is 5. The standard InChI is InChI=1S/C24H22Br2N2O5/c1-32-11-7-8-15(17(9-11)33-2)27-22(29)12-5-3-4-6-16(12)28-23(30)18-13-10-14(19(18)24(28)31)21(26)20(13)25/h3-9,13-14,18-21H,10H2,1-2H3,(H,27,29)/t13-,14-,18-,19+,20-,21+/m1/s1. The minimum atomic E-state index is -0.438. The molecular formula is C24H22Br2N2O5. The molecule has 2 saturated carbocycles. The van der Waals surface area contributed by atoms with Crippen LogP contribution >= 0.6 is 31.9 Å². The van der Waals surface area contributed by atoms with Gasteiger partial charge in [0.05, 0.1) is 43.0 Å². The highest BCUT2D eigenvalue weighted by Gasteiger charge is 2.66. The molecule has 2 aromatic carbocycles. The number of methoxy groups -OCH3 is 2. The Hall–Kier alpha value is -2.39. The van der Waals surface area contributed by atoms with Gasteiger partial charge in [-0.2, -0.15) is 0 Å². The number of benzene rings is 2. The number of alkyl halides is 2. The van der Waals surface area contributed by atoms with Gasteiger partial charge in [0.1, 0.15) is 11.5 Å². The SMILES string of the molecule is COc1ccc(NC(=O)c2ccccc2N2C(=O)[C@@H]3[C@H]4C[C@@H]([C@H](Br)[C@@H]4Br)[C@@H]3C2=O)c(OC)c1. The molecule has 0 aromatic heterocycles. The third-order valence-corrected chi connectivity index (χ3v) is 10.2. The number of nitrogens with zero attached hydrogens (tertiary/aromatic N) is 1. The van der Waals surface area contributed by atoms with E-state index in [1.165, 1.54) is 12.0 Å². The number of ether oxygens (including phenoxy) is 2. The molecule has 1 heterocycles. The van der Waals surface area contributed by atoms with Gasteiger partial charge in [0.25, 0.3) is 5.91 Å². The van der Waals surface area contributed by atoms with Crippen molar-refractivity contribution < 1.29 is 23.9 Å². The molecule has 6 atom stereocenters. The molecule has 0 unspecified atom stereocenters. The molecule has 7 nitrogen and oxygen atoms in total. The van der Waals surface area contributed by atoms with Gasteiger partial charge in [-0.1, -0.05) is 44.0 Å². The number of amides is 3. The number of rotatable bonds is 5. The van der Waals surface area contributed by atoms with Gasteiger partial charge in [0.15, 0.2) is 0 Å². The molecule has 2 aliphatic carbocycles. The Kier molecular flexibility index (Phi) is 5.73. The first-order valence-corrected chi connectivity index (χ1v) is 12.5. The highest BCUT2D eigenvalue weighted by molar-refractivity contribution is 9.12. The average molecular weight is 578 g/mol. The van der Waals surface area contributed by atoms with E-state index in [1.54, 1.807) is 49.6 Å². The summed E-state index contributed by atoms with van der Waals surface area (Å²) in [6, 6.07) is 11.8. The van der Waals surface area contributed by atoms with Crippen LogP contribution in [0.5, 0.6) is 11.5 Å². The molecule has 1 saturated heterocycles. The third kappa shape index (κ3) is 3.39. The van der Waals surface area contributed by atoms with Crippen LogP contribution in [0.25, 0.3) is 0 Å². The summed E-state index contributed by atoms with van der Waals surface area (Å²) >= 11 is 7.41. The zero-order valence-corrected chi connectivity index (χ0v) is 21.1. The molecule has 0 spiro atoms. The quantitative estimate of drug-likeness (QED) is 0.424. The van der Waals surface area contributed by atoms with Crippen LogP contribution in [0.4, 0.5) is 11.4 Å². The predicted octanol–water partition coefficient (Wildman–Crippen LogP) is 4.24. The Labute approximate surface area is 208 Å². The van der Waals surface area contributed by atoms with Gasteiger partial charge in [-0.25, -0.2) is 4.90 Å². The topological polar surface area (TPSA) is 84.9 Å². The molecule has 3 amide bonds. The van der Waals surface area contributed by atoms with E-state index in [0.717, 1.165) is 6.42 Å². The fourth-order valence-corrected chi connectivity index (χ4v) is 7.41. The second-order valence-electron chi connectivity index (χ2n) is 8.55. The molecule has 3 fully saturated rings. The van der Waals surface area contributed by atoms with E-state index >= 15 is 0 Å². The van der Waals surface area contributed by atoms with Crippen molar-refractivity contribution in [3.05, 3.63) is 48.0 Å². The number of carbonyl (C=O) groups excluding carboxylic acids is 3. The Morgan fingerprint density at radius 3 is 2.21 bits per heavy atom. The van der Waals surface area contributed by atoms with Gasteiger partial charge in [-0.15, -0.1) is 0 Å². The van der Waals surface area contributed by atoms with E-state index in [2.05, 4.69) is 37.2 Å². The van der Waals surface area contributed by atoms with Crippen molar-refractivity contribution in [1.82, 2.24) is 0 Å². The summed E-state index contributed by atoms with van der Waals surface area (Å²) in [6.07, 6.45) is 0.853. The summed E-state index contributed by atoms with van der Waals surface area (Å²) in [5.74, 6) is -0.331. The van der Waals surface area contributed by atoms with Crippen LogP contribution in [-0.2, 0) is 9.59 Å². The lowest BCUT2D eigenvalue weighted by Gasteiger charge is -2.28.